The van der Waals surface area contributed by atoms with Gasteiger partial charge in [-0.25, -0.2) is 4.98 Å². The van der Waals surface area contributed by atoms with Gasteiger partial charge in [0.15, 0.2) is 5.16 Å². The summed E-state index contributed by atoms with van der Waals surface area (Å²) >= 11 is 1.70. The Morgan fingerprint density at radius 3 is 2.73 bits per heavy atom. The van der Waals surface area contributed by atoms with Crippen LogP contribution in [-0.4, -0.2) is 39.9 Å². The molecule has 0 saturated carbocycles. The van der Waals surface area contributed by atoms with Crippen LogP contribution >= 0.6 is 11.8 Å². The number of nitrogens with zero attached hydrogens (tertiary/aromatic N) is 2. The van der Waals surface area contributed by atoms with E-state index in [-0.39, 0.29) is 5.56 Å². The van der Waals surface area contributed by atoms with E-state index in [4.69, 9.17) is 4.98 Å². The molecule has 5 rings (SSSR count). The summed E-state index contributed by atoms with van der Waals surface area (Å²) in [5.74, 6) is 0.959. The number of quaternary nitrogens is 1. The maximum Gasteiger partial charge on any atom is 0.283 e. The largest absolute Gasteiger partial charge is 0.349 e. The van der Waals surface area contributed by atoms with Gasteiger partial charge >= 0.3 is 0 Å². The SMILES string of the molecule is Cc1cccc(-n2c(SCC[NH+]3CCCC3)nc3c([nH]c4ccccc43)c2=O)c1C. The molecule has 2 N–H and O–H groups in total. The minimum atomic E-state index is -0.0269. The normalized spacial score (nSPS) is 14.9. The Morgan fingerprint density at radius 2 is 1.90 bits per heavy atom. The molecule has 5 nitrogen and oxygen atoms in total. The molecule has 1 aliphatic heterocycles. The molecule has 1 aliphatic rings. The molecule has 2 aromatic carbocycles. The highest BCUT2D eigenvalue weighted by Gasteiger charge is 2.20. The summed E-state index contributed by atoms with van der Waals surface area (Å²) < 4.78 is 1.81. The van der Waals surface area contributed by atoms with Crippen molar-refractivity contribution in [1.82, 2.24) is 14.5 Å². The third-order valence-corrected chi connectivity index (χ3v) is 7.25. The molecule has 1 saturated heterocycles. The van der Waals surface area contributed by atoms with Crippen molar-refractivity contribution in [3.05, 3.63) is 63.9 Å². The lowest BCUT2D eigenvalue weighted by molar-refractivity contribution is -0.884. The Labute approximate surface area is 180 Å². The third-order valence-electron chi connectivity index (χ3n) is 6.31. The van der Waals surface area contributed by atoms with Crippen molar-refractivity contribution in [2.24, 2.45) is 0 Å². The first-order chi connectivity index (χ1) is 14.6. The molecule has 0 atom stereocenters. The molecular formula is C24H27N4OS+. The van der Waals surface area contributed by atoms with Crippen LogP contribution < -0.4 is 10.5 Å². The summed E-state index contributed by atoms with van der Waals surface area (Å²) in [4.78, 5) is 23.7. The van der Waals surface area contributed by atoms with Gasteiger partial charge in [0.1, 0.15) is 11.0 Å². The lowest BCUT2D eigenvalue weighted by Gasteiger charge is -2.16. The third kappa shape index (κ3) is 3.34. The standard InChI is InChI=1S/C24H26N4OS/c1-16-8-7-11-20(17(16)2)28-23(29)22-21(18-9-3-4-10-19(18)25-22)26-24(28)30-15-14-27-12-5-6-13-27/h3-4,7-11,25H,5-6,12-15H2,1-2H3/p+1. The predicted octanol–water partition coefficient (Wildman–Crippen LogP) is 3.25. The molecule has 6 heteroatoms. The first-order valence-electron chi connectivity index (χ1n) is 10.7. The van der Waals surface area contributed by atoms with Gasteiger partial charge in [-0.15, -0.1) is 0 Å². The van der Waals surface area contributed by atoms with Crippen LogP contribution in [0.25, 0.3) is 27.6 Å². The first kappa shape index (κ1) is 19.4. The lowest BCUT2D eigenvalue weighted by Crippen LogP contribution is -3.10. The predicted molar refractivity (Wildman–Crippen MR) is 124 cm³/mol. The molecule has 0 spiro atoms. The Hall–Kier alpha value is -2.57. The average Bonchev–Trinajstić information content (AvgIpc) is 3.39. The van der Waals surface area contributed by atoms with Gasteiger partial charge in [0, 0.05) is 23.7 Å². The van der Waals surface area contributed by atoms with Gasteiger partial charge in [-0.1, -0.05) is 42.1 Å². The number of fused-ring (bicyclic) bond motifs is 3. The molecule has 0 amide bonds. The maximum atomic E-state index is 13.7. The summed E-state index contributed by atoms with van der Waals surface area (Å²) in [5.41, 5.74) is 5.48. The van der Waals surface area contributed by atoms with Crippen LogP contribution in [0.15, 0.2) is 52.4 Å². The fourth-order valence-electron chi connectivity index (χ4n) is 4.44. The van der Waals surface area contributed by atoms with E-state index in [1.807, 2.05) is 41.0 Å². The number of hydrogen-bond acceptors (Lipinski definition) is 3. The van der Waals surface area contributed by atoms with Crippen LogP contribution in [0.5, 0.6) is 0 Å². The summed E-state index contributed by atoms with van der Waals surface area (Å²) in [6.07, 6.45) is 2.65. The highest BCUT2D eigenvalue weighted by atomic mass is 32.2. The molecule has 0 bridgehead atoms. The lowest BCUT2D eigenvalue weighted by atomic mass is 10.1. The minimum absolute atomic E-state index is 0.0269. The Morgan fingerprint density at radius 1 is 1.10 bits per heavy atom. The van der Waals surface area contributed by atoms with Gasteiger partial charge in [-0.3, -0.25) is 9.36 Å². The number of aromatic nitrogens is 3. The molecule has 3 heterocycles. The number of rotatable bonds is 5. The number of likely N-dealkylation sites (tertiary alicyclic amines) is 1. The van der Waals surface area contributed by atoms with E-state index in [2.05, 4.69) is 24.9 Å². The molecule has 1 fully saturated rings. The fourth-order valence-corrected chi connectivity index (χ4v) is 5.48. The second kappa shape index (κ2) is 7.93. The van der Waals surface area contributed by atoms with Crippen LogP contribution in [0.4, 0.5) is 0 Å². The van der Waals surface area contributed by atoms with Crippen LogP contribution in [-0.2, 0) is 0 Å². The molecule has 0 unspecified atom stereocenters. The smallest absolute Gasteiger partial charge is 0.283 e. The molecule has 0 aliphatic carbocycles. The minimum Gasteiger partial charge on any atom is -0.349 e. The number of H-pyrrole nitrogens is 1. The van der Waals surface area contributed by atoms with Crippen LogP contribution in [0, 0.1) is 13.8 Å². The zero-order valence-electron chi connectivity index (χ0n) is 17.5. The number of aromatic amines is 1. The van der Waals surface area contributed by atoms with E-state index >= 15 is 0 Å². The number of thioether (sulfide) groups is 1. The van der Waals surface area contributed by atoms with Crippen LogP contribution in [0.1, 0.15) is 24.0 Å². The molecule has 0 radical (unpaired) electrons. The van der Waals surface area contributed by atoms with Crippen molar-refractivity contribution in [2.45, 2.75) is 31.8 Å². The van der Waals surface area contributed by atoms with E-state index in [0.717, 1.165) is 45.1 Å². The van der Waals surface area contributed by atoms with Crippen LogP contribution in [0.3, 0.4) is 0 Å². The molecule has 2 aromatic heterocycles. The maximum absolute atomic E-state index is 13.7. The van der Waals surface area contributed by atoms with Gasteiger partial charge < -0.3 is 9.88 Å². The monoisotopic (exact) mass is 419 g/mol. The number of para-hydroxylation sites is 1. The van der Waals surface area contributed by atoms with E-state index in [1.165, 1.54) is 31.5 Å². The van der Waals surface area contributed by atoms with Crippen molar-refractivity contribution in [3.63, 3.8) is 0 Å². The zero-order chi connectivity index (χ0) is 20.7. The topological polar surface area (TPSA) is 55.1 Å². The summed E-state index contributed by atoms with van der Waals surface area (Å²) in [6, 6.07) is 14.1. The number of aryl methyl sites for hydroxylation is 1. The Balaban J connectivity index is 1.66. The second-order valence-electron chi connectivity index (χ2n) is 8.20. The number of nitrogens with one attached hydrogen (secondary N) is 2. The van der Waals surface area contributed by atoms with Crippen molar-refractivity contribution in [2.75, 3.05) is 25.4 Å². The van der Waals surface area contributed by atoms with Gasteiger partial charge in [0.05, 0.1) is 31.1 Å². The van der Waals surface area contributed by atoms with E-state index in [1.54, 1.807) is 16.7 Å². The van der Waals surface area contributed by atoms with Crippen molar-refractivity contribution < 1.29 is 4.90 Å². The second-order valence-corrected chi connectivity index (χ2v) is 9.27. The Kier molecular flexibility index (Phi) is 5.13. The van der Waals surface area contributed by atoms with Crippen molar-refractivity contribution in [1.29, 1.82) is 0 Å². The summed E-state index contributed by atoms with van der Waals surface area (Å²) in [6.45, 7) is 7.80. The van der Waals surface area contributed by atoms with Gasteiger partial charge in [0.2, 0.25) is 0 Å². The molecular weight excluding hydrogens is 392 g/mol. The summed E-state index contributed by atoms with van der Waals surface area (Å²) in [7, 11) is 0. The molecule has 30 heavy (non-hydrogen) atoms. The zero-order valence-corrected chi connectivity index (χ0v) is 18.3. The fraction of sp³-hybridized carbons (Fsp3) is 0.333. The van der Waals surface area contributed by atoms with Gasteiger partial charge in [-0.2, -0.15) is 0 Å². The molecule has 4 aromatic rings. The van der Waals surface area contributed by atoms with Gasteiger partial charge in [0.25, 0.3) is 5.56 Å². The summed E-state index contributed by atoms with van der Waals surface area (Å²) in [5, 5.41) is 1.79. The van der Waals surface area contributed by atoms with E-state index < -0.39 is 0 Å². The first-order valence-corrected chi connectivity index (χ1v) is 11.7. The average molecular weight is 420 g/mol. The highest BCUT2D eigenvalue weighted by molar-refractivity contribution is 7.99. The van der Waals surface area contributed by atoms with E-state index in [9.17, 15) is 4.79 Å². The van der Waals surface area contributed by atoms with Gasteiger partial charge in [-0.05, 0) is 37.1 Å². The Bertz CT molecular complexity index is 1280. The highest BCUT2D eigenvalue weighted by Crippen LogP contribution is 2.27. The number of hydrogen-bond donors (Lipinski definition) is 2. The quantitative estimate of drug-likeness (QED) is 0.386. The molecule has 154 valence electrons. The van der Waals surface area contributed by atoms with Crippen molar-refractivity contribution in [3.8, 4) is 5.69 Å². The van der Waals surface area contributed by atoms with Crippen molar-refractivity contribution >= 4 is 33.7 Å². The van der Waals surface area contributed by atoms with Crippen LogP contribution in [0.2, 0.25) is 0 Å². The number of benzene rings is 2. The van der Waals surface area contributed by atoms with E-state index in [0.29, 0.717) is 5.52 Å².